The van der Waals surface area contributed by atoms with Crippen LogP contribution in [-0.4, -0.2) is 8.42 Å². The summed E-state index contributed by atoms with van der Waals surface area (Å²) in [4.78, 5) is 0.152. The molecule has 0 aliphatic carbocycles. The van der Waals surface area contributed by atoms with Gasteiger partial charge in [-0.15, -0.1) is 12.4 Å². The van der Waals surface area contributed by atoms with Crippen LogP contribution in [0.5, 0.6) is 5.75 Å². The lowest BCUT2D eigenvalue weighted by Gasteiger charge is -2.05. The molecule has 2 aromatic carbocycles. The summed E-state index contributed by atoms with van der Waals surface area (Å²) in [6, 6.07) is 16.5. The fourth-order valence-corrected chi connectivity index (χ4v) is 2.19. The molecule has 0 radical (unpaired) electrons. The Morgan fingerprint density at radius 3 is 1.68 bits per heavy atom. The molecule has 4 N–H and O–H groups in total. The van der Waals surface area contributed by atoms with Crippen LogP contribution in [0.2, 0.25) is 0 Å². The maximum atomic E-state index is 11.8. The molecule has 0 aromatic heterocycles. The van der Waals surface area contributed by atoms with Gasteiger partial charge in [0.15, 0.2) is 0 Å². The van der Waals surface area contributed by atoms with Gasteiger partial charge in [0.25, 0.3) is 0 Å². The molecule has 0 spiro atoms. The number of rotatable bonds is 3. The monoisotopic (exact) mass is 302 g/mol. The van der Waals surface area contributed by atoms with Crippen molar-refractivity contribution in [3.8, 4) is 5.75 Å². The predicted octanol–water partition coefficient (Wildman–Crippen LogP) is 1.69. The molecule has 0 bridgehead atoms. The fourth-order valence-electron chi connectivity index (χ4n) is 1.24. The Kier molecular flexibility index (Phi) is 7.78. The van der Waals surface area contributed by atoms with Gasteiger partial charge in [-0.05, 0) is 24.3 Å². The first-order valence-electron chi connectivity index (χ1n) is 5.06. The van der Waals surface area contributed by atoms with E-state index >= 15 is 0 Å². The van der Waals surface area contributed by atoms with Gasteiger partial charge in [0.2, 0.25) is 0 Å². The summed E-state index contributed by atoms with van der Waals surface area (Å²) >= 11 is 0. The van der Waals surface area contributed by atoms with Crippen LogP contribution in [0.4, 0.5) is 0 Å². The zero-order valence-corrected chi connectivity index (χ0v) is 11.6. The molecular weight excluding hydrogens is 288 g/mol. The van der Waals surface area contributed by atoms with Crippen LogP contribution in [0, 0.1) is 0 Å². The Balaban J connectivity index is 0.00000103. The summed E-state index contributed by atoms with van der Waals surface area (Å²) in [5, 5.41) is 0. The highest BCUT2D eigenvalue weighted by molar-refractivity contribution is 7.87. The highest BCUT2D eigenvalue weighted by atomic mass is 35.5. The average Bonchev–Trinajstić information content (AvgIpc) is 2.43. The van der Waals surface area contributed by atoms with Crippen molar-refractivity contribution in [3.05, 3.63) is 60.7 Å². The molecule has 0 atom stereocenters. The average molecular weight is 303 g/mol. The van der Waals surface area contributed by atoms with Crippen LogP contribution in [0.1, 0.15) is 0 Å². The zero-order valence-electron chi connectivity index (χ0n) is 9.97. The highest BCUT2D eigenvalue weighted by Gasteiger charge is 2.15. The van der Waals surface area contributed by atoms with Gasteiger partial charge >= 0.3 is 10.1 Å². The van der Waals surface area contributed by atoms with Gasteiger partial charge in [0.05, 0.1) is 0 Å². The van der Waals surface area contributed by atoms with E-state index < -0.39 is 10.1 Å². The van der Waals surface area contributed by atoms with E-state index in [0.29, 0.717) is 5.75 Å². The predicted molar refractivity (Wildman–Crippen MR) is 76.3 cm³/mol. The number of para-hydroxylation sites is 1. The molecule has 0 fully saturated rings. The third kappa shape index (κ3) is 5.27. The Bertz CT molecular complexity index is 562. The van der Waals surface area contributed by atoms with E-state index in [4.69, 9.17) is 4.18 Å². The lowest BCUT2D eigenvalue weighted by Crippen LogP contribution is -2.09. The van der Waals surface area contributed by atoms with Gasteiger partial charge in [-0.25, -0.2) is 0 Å². The summed E-state index contributed by atoms with van der Waals surface area (Å²) in [5.74, 6) is 8.31. The van der Waals surface area contributed by atoms with E-state index in [0.717, 1.165) is 0 Å². The third-order valence-electron chi connectivity index (χ3n) is 1.98. The van der Waals surface area contributed by atoms with E-state index in [2.05, 4.69) is 11.7 Å². The largest absolute Gasteiger partial charge is 0.379 e. The number of hydrogen-bond donors (Lipinski definition) is 2. The van der Waals surface area contributed by atoms with Crippen molar-refractivity contribution in [2.75, 3.05) is 0 Å². The lowest BCUT2D eigenvalue weighted by molar-refractivity contribution is 0.486. The molecule has 2 rings (SSSR count). The Morgan fingerprint density at radius 1 is 0.789 bits per heavy atom. The summed E-state index contributed by atoms with van der Waals surface area (Å²) in [5.41, 5.74) is 0. The zero-order chi connectivity index (χ0) is 13.4. The fraction of sp³-hybridized carbons (Fsp3) is 0. The summed E-state index contributed by atoms with van der Waals surface area (Å²) in [7, 11) is -3.71. The first-order chi connectivity index (χ1) is 8.68. The molecule has 0 aliphatic heterocycles. The van der Waals surface area contributed by atoms with Gasteiger partial charge in [-0.3, -0.25) is 11.7 Å². The van der Waals surface area contributed by atoms with E-state index in [1.165, 1.54) is 12.1 Å². The van der Waals surface area contributed by atoms with E-state index in [-0.39, 0.29) is 17.3 Å². The molecule has 0 heterocycles. The molecule has 0 unspecified atom stereocenters. The number of nitrogens with two attached hydrogens (primary N) is 2. The van der Waals surface area contributed by atoms with Crippen LogP contribution in [0.3, 0.4) is 0 Å². The van der Waals surface area contributed by atoms with Crippen LogP contribution >= 0.6 is 12.4 Å². The standard InChI is InChI=1S/C12H10O3S.ClH.H4N2/c13-16(14,12-9-5-2-6-10-12)15-11-7-3-1-4-8-11;;1-2/h1-10H;1H;1-2H2. The van der Waals surface area contributed by atoms with Crippen LogP contribution in [0.25, 0.3) is 0 Å². The van der Waals surface area contributed by atoms with Crippen LogP contribution in [-0.2, 0) is 10.1 Å². The SMILES string of the molecule is Cl.NN.O=S(=O)(Oc1ccccc1)c1ccccc1. The van der Waals surface area contributed by atoms with Gasteiger partial charge in [0.1, 0.15) is 10.6 Å². The van der Waals surface area contributed by atoms with Crippen LogP contribution in [0.15, 0.2) is 65.6 Å². The van der Waals surface area contributed by atoms with E-state index in [1.54, 1.807) is 48.5 Å². The molecule has 104 valence electrons. The maximum absolute atomic E-state index is 11.8. The Hall–Kier alpha value is -1.60. The van der Waals surface area contributed by atoms with Gasteiger partial charge in [-0.1, -0.05) is 36.4 Å². The summed E-state index contributed by atoms with van der Waals surface area (Å²) in [6.45, 7) is 0. The first kappa shape index (κ1) is 17.4. The molecule has 5 nitrogen and oxygen atoms in total. The highest BCUT2D eigenvalue weighted by Crippen LogP contribution is 2.17. The van der Waals surface area contributed by atoms with Crippen molar-refractivity contribution in [2.45, 2.75) is 4.90 Å². The second kappa shape index (κ2) is 8.49. The maximum Gasteiger partial charge on any atom is 0.339 e. The first-order valence-corrected chi connectivity index (χ1v) is 6.47. The molecule has 0 aliphatic rings. The lowest BCUT2D eigenvalue weighted by atomic mass is 10.3. The molecular formula is C12H15ClN2O3S. The molecule has 2 aromatic rings. The minimum absolute atomic E-state index is 0. The second-order valence-corrected chi connectivity index (χ2v) is 4.71. The minimum atomic E-state index is -3.71. The topological polar surface area (TPSA) is 95.4 Å². The number of hydrazine groups is 1. The number of halogens is 1. The third-order valence-corrected chi connectivity index (χ3v) is 3.24. The molecule has 0 saturated carbocycles. The summed E-state index contributed by atoms with van der Waals surface area (Å²) < 4.78 is 28.5. The Morgan fingerprint density at radius 2 is 1.21 bits per heavy atom. The second-order valence-electron chi connectivity index (χ2n) is 3.16. The van der Waals surface area contributed by atoms with Crippen molar-refractivity contribution in [3.63, 3.8) is 0 Å². The Labute approximate surface area is 118 Å². The molecule has 19 heavy (non-hydrogen) atoms. The number of hydrogen-bond acceptors (Lipinski definition) is 5. The number of benzene rings is 2. The summed E-state index contributed by atoms with van der Waals surface area (Å²) in [6.07, 6.45) is 0. The minimum Gasteiger partial charge on any atom is -0.379 e. The van der Waals surface area contributed by atoms with Crippen molar-refractivity contribution >= 4 is 22.5 Å². The smallest absolute Gasteiger partial charge is 0.339 e. The van der Waals surface area contributed by atoms with E-state index in [9.17, 15) is 8.42 Å². The van der Waals surface area contributed by atoms with Crippen molar-refractivity contribution in [1.29, 1.82) is 0 Å². The van der Waals surface area contributed by atoms with Crippen molar-refractivity contribution < 1.29 is 12.6 Å². The van der Waals surface area contributed by atoms with Crippen molar-refractivity contribution in [2.24, 2.45) is 11.7 Å². The molecule has 0 amide bonds. The molecule has 0 saturated heterocycles. The van der Waals surface area contributed by atoms with Crippen molar-refractivity contribution in [1.82, 2.24) is 0 Å². The van der Waals surface area contributed by atoms with Gasteiger partial charge < -0.3 is 4.18 Å². The van der Waals surface area contributed by atoms with Crippen LogP contribution < -0.4 is 15.9 Å². The van der Waals surface area contributed by atoms with Gasteiger partial charge in [0, 0.05) is 0 Å². The normalized spacial score (nSPS) is 9.58. The van der Waals surface area contributed by atoms with Gasteiger partial charge in [-0.2, -0.15) is 8.42 Å². The van der Waals surface area contributed by atoms with E-state index in [1.807, 2.05) is 0 Å². The molecule has 7 heteroatoms. The quantitative estimate of drug-likeness (QED) is 0.511.